The number of hydrogen-bond donors (Lipinski definition) is 3. The molecular formula is C14H18N2O3. The van der Waals surface area contributed by atoms with E-state index < -0.39 is 12.0 Å². The molecule has 19 heavy (non-hydrogen) atoms. The maximum absolute atomic E-state index is 11.9. The van der Waals surface area contributed by atoms with Gasteiger partial charge in [0.25, 0.3) is 0 Å². The third-order valence-electron chi connectivity index (χ3n) is 3.28. The molecule has 0 bridgehead atoms. The molecule has 102 valence electrons. The fourth-order valence-electron chi connectivity index (χ4n) is 2.31. The Kier molecular flexibility index (Phi) is 4.52. The highest BCUT2D eigenvalue weighted by Crippen LogP contribution is 2.14. The summed E-state index contributed by atoms with van der Waals surface area (Å²) in [6.07, 6.45) is 2.37. The first-order chi connectivity index (χ1) is 9.16. The zero-order valence-corrected chi connectivity index (χ0v) is 10.6. The van der Waals surface area contributed by atoms with E-state index >= 15 is 0 Å². The van der Waals surface area contributed by atoms with Gasteiger partial charge < -0.3 is 15.7 Å². The van der Waals surface area contributed by atoms with Gasteiger partial charge in [0, 0.05) is 12.5 Å². The fourth-order valence-corrected chi connectivity index (χ4v) is 2.31. The van der Waals surface area contributed by atoms with Crippen LogP contribution < -0.4 is 10.6 Å². The molecule has 0 radical (unpaired) electrons. The molecule has 2 rings (SSSR count). The predicted octanol–water partition coefficient (Wildman–Crippen LogP) is 1.07. The Bertz CT molecular complexity index is 441. The Balaban J connectivity index is 1.97. The van der Waals surface area contributed by atoms with Crippen LogP contribution in [-0.2, 0) is 9.59 Å². The van der Waals surface area contributed by atoms with Gasteiger partial charge in [-0.15, -0.1) is 0 Å². The van der Waals surface area contributed by atoms with Crippen LogP contribution in [0.15, 0.2) is 30.3 Å². The van der Waals surface area contributed by atoms with E-state index in [2.05, 4.69) is 10.6 Å². The van der Waals surface area contributed by atoms with Crippen LogP contribution in [-0.4, -0.2) is 29.6 Å². The van der Waals surface area contributed by atoms with Gasteiger partial charge >= 0.3 is 5.97 Å². The lowest BCUT2D eigenvalue weighted by Gasteiger charge is -2.16. The van der Waals surface area contributed by atoms with Crippen LogP contribution in [0.1, 0.15) is 30.9 Å². The van der Waals surface area contributed by atoms with Crippen molar-refractivity contribution >= 4 is 11.9 Å². The SMILES string of the molecule is O=C(CC1CCCN1)NC(C(=O)O)c1ccccc1. The van der Waals surface area contributed by atoms with E-state index in [0.29, 0.717) is 12.0 Å². The smallest absolute Gasteiger partial charge is 0.330 e. The van der Waals surface area contributed by atoms with Crippen LogP contribution in [0.4, 0.5) is 0 Å². The molecule has 1 aromatic rings. The number of rotatable bonds is 5. The van der Waals surface area contributed by atoms with Crippen LogP contribution in [0, 0.1) is 0 Å². The van der Waals surface area contributed by atoms with Gasteiger partial charge in [0.1, 0.15) is 0 Å². The number of hydrogen-bond acceptors (Lipinski definition) is 3. The summed E-state index contributed by atoms with van der Waals surface area (Å²) < 4.78 is 0. The van der Waals surface area contributed by atoms with Crippen molar-refractivity contribution in [2.75, 3.05) is 6.54 Å². The second kappa shape index (κ2) is 6.33. The molecule has 1 aliphatic heterocycles. The van der Waals surface area contributed by atoms with E-state index in [4.69, 9.17) is 0 Å². The number of carbonyl (C=O) groups is 2. The highest BCUT2D eigenvalue weighted by molar-refractivity contribution is 5.84. The van der Waals surface area contributed by atoms with Crippen molar-refractivity contribution in [3.05, 3.63) is 35.9 Å². The van der Waals surface area contributed by atoms with E-state index in [1.165, 1.54) is 0 Å². The van der Waals surface area contributed by atoms with Crippen molar-refractivity contribution in [1.29, 1.82) is 0 Å². The Hall–Kier alpha value is -1.88. The first-order valence-electron chi connectivity index (χ1n) is 6.47. The molecule has 2 unspecified atom stereocenters. The number of carbonyl (C=O) groups excluding carboxylic acids is 1. The second-order valence-corrected chi connectivity index (χ2v) is 4.75. The molecule has 0 aromatic heterocycles. The molecule has 0 spiro atoms. The van der Waals surface area contributed by atoms with Crippen LogP contribution in [0.25, 0.3) is 0 Å². The van der Waals surface area contributed by atoms with Gasteiger partial charge in [0.15, 0.2) is 6.04 Å². The topological polar surface area (TPSA) is 78.4 Å². The summed E-state index contributed by atoms with van der Waals surface area (Å²) in [5.41, 5.74) is 0.586. The summed E-state index contributed by atoms with van der Waals surface area (Å²) in [6.45, 7) is 0.930. The van der Waals surface area contributed by atoms with Crippen LogP contribution >= 0.6 is 0 Å². The standard InChI is InChI=1S/C14H18N2O3/c17-12(9-11-7-4-8-15-11)16-13(14(18)19)10-5-2-1-3-6-10/h1-3,5-6,11,13,15H,4,7-9H2,(H,16,17)(H,18,19). The minimum absolute atomic E-state index is 0.171. The highest BCUT2D eigenvalue weighted by Gasteiger charge is 2.24. The van der Waals surface area contributed by atoms with Gasteiger partial charge in [-0.1, -0.05) is 30.3 Å². The van der Waals surface area contributed by atoms with Crippen molar-refractivity contribution in [2.45, 2.75) is 31.3 Å². The quantitative estimate of drug-likeness (QED) is 0.741. The molecule has 3 N–H and O–H groups in total. The third-order valence-corrected chi connectivity index (χ3v) is 3.28. The molecule has 2 atom stereocenters. The minimum Gasteiger partial charge on any atom is -0.479 e. The zero-order chi connectivity index (χ0) is 13.7. The number of carboxylic acid groups (broad SMARTS) is 1. The third kappa shape index (κ3) is 3.79. The van der Waals surface area contributed by atoms with E-state index in [1.54, 1.807) is 24.3 Å². The summed E-state index contributed by atoms with van der Waals surface area (Å²) in [4.78, 5) is 23.1. The molecule has 1 amide bonds. The molecule has 1 aliphatic rings. The van der Waals surface area contributed by atoms with Gasteiger partial charge in [0.05, 0.1) is 0 Å². The highest BCUT2D eigenvalue weighted by atomic mass is 16.4. The average molecular weight is 262 g/mol. The van der Waals surface area contributed by atoms with Gasteiger partial charge in [-0.05, 0) is 24.9 Å². The molecule has 1 aromatic carbocycles. The Labute approximate surface area is 112 Å². The molecule has 5 heteroatoms. The van der Waals surface area contributed by atoms with Crippen molar-refractivity contribution in [2.24, 2.45) is 0 Å². The van der Waals surface area contributed by atoms with E-state index in [1.807, 2.05) is 6.07 Å². The van der Waals surface area contributed by atoms with Gasteiger partial charge in [-0.2, -0.15) is 0 Å². The van der Waals surface area contributed by atoms with Gasteiger partial charge in [0.2, 0.25) is 5.91 Å². The number of carboxylic acids is 1. The van der Waals surface area contributed by atoms with Crippen molar-refractivity contribution in [1.82, 2.24) is 10.6 Å². The van der Waals surface area contributed by atoms with Crippen molar-refractivity contribution < 1.29 is 14.7 Å². The summed E-state index contributed by atoms with van der Waals surface area (Å²) in [5, 5.41) is 15.0. The monoisotopic (exact) mass is 262 g/mol. The number of benzene rings is 1. The van der Waals surface area contributed by atoms with Crippen molar-refractivity contribution in [3.8, 4) is 0 Å². The van der Waals surface area contributed by atoms with E-state index in [0.717, 1.165) is 19.4 Å². The van der Waals surface area contributed by atoms with Gasteiger partial charge in [-0.25, -0.2) is 4.79 Å². The van der Waals surface area contributed by atoms with E-state index in [-0.39, 0.29) is 11.9 Å². The lowest BCUT2D eigenvalue weighted by molar-refractivity contribution is -0.142. The van der Waals surface area contributed by atoms with Crippen LogP contribution in [0.2, 0.25) is 0 Å². The largest absolute Gasteiger partial charge is 0.479 e. The summed E-state index contributed by atoms with van der Waals surface area (Å²) in [7, 11) is 0. The number of amides is 1. The number of nitrogens with one attached hydrogen (secondary N) is 2. The summed E-state index contributed by atoms with van der Waals surface area (Å²) in [6, 6.07) is 7.93. The van der Waals surface area contributed by atoms with E-state index in [9.17, 15) is 14.7 Å². The molecule has 0 saturated carbocycles. The second-order valence-electron chi connectivity index (χ2n) is 4.75. The van der Waals surface area contributed by atoms with Crippen LogP contribution in [0.3, 0.4) is 0 Å². The Morgan fingerprint density at radius 3 is 2.68 bits per heavy atom. The van der Waals surface area contributed by atoms with Crippen molar-refractivity contribution in [3.63, 3.8) is 0 Å². The first kappa shape index (κ1) is 13.5. The fraction of sp³-hybridized carbons (Fsp3) is 0.429. The molecule has 1 fully saturated rings. The molecular weight excluding hydrogens is 244 g/mol. The first-order valence-corrected chi connectivity index (χ1v) is 6.47. The van der Waals surface area contributed by atoms with Gasteiger partial charge in [-0.3, -0.25) is 4.79 Å². The maximum atomic E-state index is 11.9. The summed E-state index contributed by atoms with van der Waals surface area (Å²) in [5.74, 6) is -1.27. The van der Waals surface area contributed by atoms with Crippen LogP contribution in [0.5, 0.6) is 0 Å². The Morgan fingerprint density at radius 1 is 1.37 bits per heavy atom. The normalized spacial score (nSPS) is 19.9. The molecule has 1 saturated heterocycles. The molecule has 5 nitrogen and oxygen atoms in total. The lowest BCUT2D eigenvalue weighted by atomic mass is 10.1. The maximum Gasteiger partial charge on any atom is 0.330 e. The molecule has 0 aliphatic carbocycles. The Morgan fingerprint density at radius 2 is 2.11 bits per heavy atom. The predicted molar refractivity (Wildman–Crippen MR) is 70.6 cm³/mol. The molecule has 1 heterocycles. The zero-order valence-electron chi connectivity index (χ0n) is 10.6. The average Bonchev–Trinajstić information content (AvgIpc) is 2.89. The lowest BCUT2D eigenvalue weighted by Crippen LogP contribution is -2.37. The summed E-state index contributed by atoms with van der Waals surface area (Å²) >= 11 is 0. The minimum atomic E-state index is -1.04. The number of aliphatic carboxylic acids is 1.